The molecule has 2 aliphatic heterocycles. The Balaban J connectivity index is 1.73. The lowest BCUT2D eigenvalue weighted by atomic mass is 10.0. The van der Waals surface area contributed by atoms with Gasteiger partial charge in [-0.3, -0.25) is 9.36 Å². The average molecular weight is 436 g/mol. The van der Waals surface area contributed by atoms with Crippen LogP contribution in [0.15, 0.2) is 41.3 Å². The molecule has 2 aromatic rings. The fourth-order valence-electron chi connectivity index (χ4n) is 3.87. The second-order valence-corrected chi connectivity index (χ2v) is 10.8. The van der Waals surface area contributed by atoms with E-state index >= 15 is 0 Å². The van der Waals surface area contributed by atoms with Gasteiger partial charge in [0.1, 0.15) is 25.4 Å². The Labute approximate surface area is 175 Å². The Morgan fingerprint density at radius 2 is 2.00 bits per heavy atom. The van der Waals surface area contributed by atoms with Crippen molar-refractivity contribution < 1.29 is 28.2 Å². The van der Waals surface area contributed by atoms with Gasteiger partial charge in [0.15, 0.2) is 6.23 Å². The predicted molar refractivity (Wildman–Crippen MR) is 110 cm³/mol. The number of benzene rings is 1. The first-order valence-electron chi connectivity index (χ1n) is 10.1. The molecule has 0 amide bonds. The fraction of sp³-hybridized carbons (Fsp3) is 0.571. The summed E-state index contributed by atoms with van der Waals surface area (Å²) in [6.45, 7) is 7.12. The van der Waals surface area contributed by atoms with Crippen LogP contribution in [-0.2, 0) is 23.3 Å². The molecule has 3 heterocycles. The highest BCUT2D eigenvalue weighted by Crippen LogP contribution is 2.54. The molecule has 2 fully saturated rings. The smallest absolute Gasteiger partial charge is 0.260 e. The van der Waals surface area contributed by atoms with E-state index in [4.69, 9.17) is 18.7 Å². The van der Waals surface area contributed by atoms with Crippen LogP contribution in [0.25, 0.3) is 10.8 Å². The minimum absolute atomic E-state index is 0.0886. The maximum atomic E-state index is 13.1. The Kier molecular flexibility index (Phi) is 5.68. The largest absolute Gasteiger partial charge is 0.778 e. The van der Waals surface area contributed by atoms with E-state index in [-0.39, 0.29) is 24.9 Å². The molecule has 164 valence electrons. The van der Waals surface area contributed by atoms with Crippen molar-refractivity contribution in [2.75, 3.05) is 13.2 Å². The highest BCUT2D eigenvalue weighted by Gasteiger charge is 2.64. The monoisotopic (exact) mass is 436 g/mol. The Morgan fingerprint density at radius 1 is 1.27 bits per heavy atom. The molecule has 1 aromatic heterocycles. The number of aromatic nitrogens is 1. The zero-order valence-corrected chi connectivity index (χ0v) is 18.4. The minimum atomic E-state index is -4.16. The average Bonchev–Trinajstić information content (AvgIpc) is 3.18. The van der Waals surface area contributed by atoms with Gasteiger partial charge in [0.2, 0.25) is 0 Å². The Bertz CT molecular complexity index is 1040. The summed E-state index contributed by atoms with van der Waals surface area (Å²) in [4.78, 5) is 25.7. The second-order valence-electron chi connectivity index (χ2n) is 8.48. The molecule has 9 heteroatoms. The van der Waals surface area contributed by atoms with Crippen LogP contribution in [0, 0.1) is 0 Å². The number of nitrogens with zero attached hydrogens (tertiary/aromatic N) is 1. The molecular formula is C21H27NO7P-. The van der Waals surface area contributed by atoms with Gasteiger partial charge < -0.3 is 28.2 Å². The number of fused-ring (bicyclic) bond motifs is 3. The number of hydrogen-bond acceptors (Lipinski definition) is 7. The lowest BCUT2D eigenvalue weighted by molar-refractivity contribution is -0.214. The molecule has 0 radical (unpaired) electrons. The fourth-order valence-corrected chi connectivity index (χ4v) is 4.74. The van der Waals surface area contributed by atoms with Gasteiger partial charge >= 0.3 is 0 Å². The summed E-state index contributed by atoms with van der Waals surface area (Å²) in [5.74, 6) is 0. The van der Waals surface area contributed by atoms with Crippen molar-refractivity contribution in [1.82, 2.24) is 4.57 Å². The van der Waals surface area contributed by atoms with E-state index in [0.717, 1.165) is 5.39 Å². The van der Waals surface area contributed by atoms with E-state index in [1.54, 1.807) is 32.2 Å². The first-order valence-corrected chi connectivity index (χ1v) is 11.8. The van der Waals surface area contributed by atoms with Crippen LogP contribution < -0.4 is 10.5 Å². The molecule has 4 rings (SSSR count). The van der Waals surface area contributed by atoms with E-state index in [2.05, 4.69) is 0 Å². The van der Waals surface area contributed by atoms with Crippen molar-refractivity contribution in [3.63, 3.8) is 0 Å². The number of rotatable bonds is 7. The Hall–Kier alpha value is -1.54. The summed E-state index contributed by atoms with van der Waals surface area (Å²) in [6, 6.07) is 9.10. The number of pyridine rings is 1. The van der Waals surface area contributed by atoms with Crippen LogP contribution >= 0.6 is 7.60 Å². The zero-order chi connectivity index (χ0) is 21.7. The third kappa shape index (κ3) is 3.66. The van der Waals surface area contributed by atoms with Gasteiger partial charge in [-0.2, -0.15) is 0 Å². The maximum Gasteiger partial charge on any atom is 0.260 e. The molecule has 0 aliphatic carbocycles. The van der Waals surface area contributed by atoms with Crippen molar-refractivity contribution in [3.05, 3.63) is 46.9 Å². The van der Waals surface area contributed by atoms with Gasteiger partial charge in [-0.1, -0.05) is 32.0 Å². The van der Waals surface area contributed by atoms with Gasteiger partial charge in [0.05, 0.1) is 19.3 Å². The highest BCUT2D eigenvalue weighted by molar-refractivity contribution is 7.52. The van der Waals surface area contributed by atoms with Crippen LogP contribution in [0.3, 0.4) is 0 Å². The molecule has 2 saturated heterocycles. The van der Waals surface area contributed by atoms with E-state index in [0.29, 0.717) is 5.39 Å². The quantitative estimate of drug-likeness (QED) is 0.615. The van der Waals surface area contributed by atoms with Crippen molar-refractivity contribution in [1.29, 1.82) is 0 Å². The van der Waals surface area contributed by atoms with Gasteiger partial charge in [-0.05, 0) is 31.4 Å². The van der Waals surface area contributed by atoms with Gasteiger partial charge in [0, 0.05) is 17.2 Å². The third-order valence-corrected chi connectivity index (χ3v) is 7.43. The molecular weight excluding hydrogens is 409 g/mol. The third-order valence-electron chi connectivity index (χ3n) is 5.64. The van der Waals surface area contributed by atoms with E-state index in [9.17, 15) is 14.3 Å². The molecule has 8 nitrogen and oxygen atoms in total. The normalized spacial score (nSPS) is 30.4. The maximum absolute atomic E-state index is 13.1. The molecule has 0 saturated carbocycles. The van der Waals surface area contributed by atoms with Gasteiger partial charge in [-0.25, -0.2) is 0 Å². The zero-order valence-electron chi connectivity index (χ0n) is 17.5. The lowest BCUT2D eigenvalue weighted by Crippen LogP contribution is -2.47. The highest BCUT2D eigenvalue weighted by atomic mass is 31.2. The Morgan fingerprint density at radius 3 is 2.70 bits per heavy atom. The topological polar surface area (TPSA) is 99.1 Å². The van der Waals surface area contributed by atoms with Gasteiger partial charge in [0.25, 0.3) is 5.56 Å². The van der Waals surface area contributed by atoms with Crippen LogP contribution in [0.4, 0.5) is 0 Å². The molecule has 2 aliphatic rings. The summed E-state index contributed by atoms with van der Waals surface area (Å²) >= 11 is 0. The molecule has 30 heavy (non-hydrogen) atoms. The molecule has 0 spiro atoms. The van der Waals surface area contributed by atoms with Crippen molar-refractivity contribution in [2.24, 2.45) is 0 Å². The van der Waals surface area contributed by atoms with Crippen LogP contribution in [0.1, 0.15) is 33.9 Å². The van der Waals surface area contributed by atoms with E-state index < -0.39 is 37.3 Å². The molecule has 1 aromatic carbocycles. The first-order chi connectivity index (χ1) is 14.1. The summed E-state index contributed by atoms with van der Waals surface area (Å²) in [6.07, 6.45) is -0.906. The van der Waals surface area contributed by atoms with Crippen molar-refractivity contribution in [2.45, 2.75) is 63.5 Å². The number of hydrogen-bond donors (Lipinski definition) is 0. The SMILES string of the molecule is CC(C)OC[C@@]12CO[C@H]([C@H](n3ccc4ccccc4c3=O)O1)[C@@H]2OP(=O)([O-])C(C)C. The summed E-state index contributed by atoms with van der Waals surface area (Å²) in [5.41, 5.74) is -2.04. The molecule has 5 atom stereocenters. The number of ether oxygens (including phenoxy) is 3. The lowest BCUT2D eigenvalue weighted by Gasteiger charge is -2.35. The second kappa shape index (κ2) is 7.86. The van der Waals surface area contributed by atoms with Crippen molar-refractivity contribution >= 4 is 18.4 Å². The first kappa shape index (κ1) is 21.7. The van der Waals surface area contributed by atoms with E-state index in [1.807, 2.05) is 32.0 Å². The molecule has 0 N–H and O–H groups in total. The molecule has 2 bridgehead atoms. The van der Waals surface area contributed by atoms with E-state index in [1.165, 1.54) is 4.57 Å². The standard InChI is InChI=1S/C21H28NO7P/c1-13(2)26-11-21-12-27-17(18(21)29-30(24,25)14(3)4)20(28-21)22-10-9-15-7-5-6-8-16(15)19(22)23/h5-10,13-14,17-18,20H,11-12H2,1-4H3,(H,24,25)/p-1/t17-,18-,20+,21-/m0/s1. The summed E-state index contributed by atoms with van der Waals surface area (Å²) in [7, 11) is -4.16. The minimum Gasteiger partial charge on any atom is -0.778 e. The molecule has 1 unspecified atom stereocenters. The summed E-state index contributed by atoms with van der Waals surface area (Å²) < 4.78 is 37.6. The van der Waals surface area contributed by atoms with Gasteiger partial charge in [-0.15, -0.1) is 0 Å². The van der Waals surface area contributed by atoms with Crippen molar-refractivity contribution in [3.8, 4) is 0 Å². The van der Waals surface area contributed by atoms with Crippen LogP contribution in [0.2, 0.25) is 0 Å². The van der Waals surface area contributed by atoms with Crippen LogP contribution in [0.5, 0.6) is 0 Å². The van der Waals surface area contributed by atoms with Crippen LogP contribution in [-0.4, -0.2) is 47.4 Å². The summed E-state index contributed by atoms with van der Waals surface area (Å²) in [5, 5.41) is 1.37. The predicted octanol–water partition coefficient (Wildman–Crippen LogP) is 2.44.